The lowest BCUT2D eigenvalue weighted by Crippen LogP contribution is -2.18. The standard InChI is InChI=1S/C11H18O2Si/c1-8(2)9(3)12-10-6-4-5-7-11(10)13-14/h4-9H,1-3,14H3. The Morgan fingerprint density at radius 2 is 1.64 bits per heavy atom. The summed E-state index contributed by atoms with van der Waals surface area (Å²) in [5.74, 6) is 2.22. The van der Waals surface area contributed by atoms with Crippen molar-refractivity contribution < 1.29 is 9.16 Å². The van der Waals surface area contributed by atoms with Crippen LogP contribution >= 0.6 is 0 Å². The fourth-order valence-electron chi connectivity index (χ4n) is 1.05. The van der Waals surface area contributed by atoms with E-state index in [2.05, 4.69) is 20.8 Å². The normalized spacial score (nSPS) is 12.9. The van der Waals surface area contributed by atoms with Crippen LogP contribution in [-0.4, -0.2) is 16.6 Å². The van der Waals surface area contributed by atoms with E-state index in [1.807, 2.05) is 24.3 Å². The zero-order valence-electron chi connectivity index (χ0n) is 9.28. The number of benzene rings is 1. The van der Waals surface area contributed by atoms with Gasteiger partial charge in [0.05, 0.1) is 6.10 Å². The minimum Gasteiger partial charge on any atom is -0.551 e. The molecular formula is C11H18O2Si. The summed E-state index contributed by atoms with van der Waals surface area (Å²) in [7, 11) is 0.692. The van der Waals surface area contributed by atoms with Gasteiger partial charge in [0.15, 0.2) is 5.75 Å². The molecule has 0 amide bonds. The molecule has 14 heavy (non-hydrogen) atoms. The molecule has 1 rings (SSSR count). The second kappa shape index (κ2) is 5.05. The summed E-state index contributed by atoms with van der Waals surface area (Å²) in [6.45, 7) is 6.37. The maximum atomic E-state index is 5.80. The van der Waals surface area contributed by atoms with Crippen LogP contribution in [0.5, 0.6) is 11.5 Å². The zero-order valence-corrected chi connectivity index (χ0v) is 11.3. The van der Waals surface area contributed by atoms with E-state index in [9.17, 15) is 0 Å². The van der Waals surface area contributed by atoms with E-state index in [0.717, 1.165) is 11.5 Å². The molecule has 2 nitrogen and oxygen atoms in total. The first-order valence-electron chi connectivity index (χ1n) is 4.94. The van der Waals surface area contributed by atoms with E-state index in [1.165, 1.54) is 0 Å². The molecule has 0 saturated carbocycles. The van der Waals surface area contributed by atoms with Crippen molar-refractivity contribution in [1.29, 1.82) is 0 Å². The fraction of sp³-hybridized carbons (Fsp3) is 0.455. The summed E-state index contributed by atoms with van der Waals surface area (Å²) in [5.41, 5.74) is 0. The highest BCUT2D eigenvalue weighted by atomic mass is 28.2. The third-order valence-electron chi connectivity index (χ3n) is 2.32. The van der Waals surface area contributed by atoms with Crippen molar-refractivity contribution in [3.8, 4) is 11.5 Å². The predicted molar refractivity (Wildman–Crippen MR) is 61.9 cm³/mol. The summed E-state index contributed by atoms with van der Waals surface area (Å²) in [6.07, 6.45) is 0.216. The van der Waals surface area contributed by atoms with E-state index in [0.29, 0.717) is 16.4 Å². The van der Waals surface area contributed by atoms with E-state index < -0.39 is 0 Å². The number of para-hydroxylation sites is 2. The van der Waals surface area contributed by atoms with Crippen LogP contribution in [0.1, 0.15) is 20.8 Å². The van der Waals surface area contributed by atoms with Crippen LogP contribution in [0.3, 0.4) is 0 Å². The van der Waals surface area contributed by atoms with Crippen molar-refractivity contribution in [3.05, 3.63) is 24.3 Å². The molecule has 3 heteroatoms. The maximum absolute atomic E-state index is 5.80. The smallest absolute Gasteiger partial charge is 0.204 e. The van der Waals surface area contributed by atoms with Crippen molar-refractivity contribution in [2.75, 3.05) is 0 Å². The Labute approximate surface area is 88.8 Å². The van der Waals surface area contributed by atoms with Gasteiger partial charge in [-0.05, 0) is 25.0 Å². The summed E-state index contributed by atoms with van der Waals surface area (Å²) in [6, 6.07) is 7.81. The molecular weight excluding hydrogens is 192 g/mol. The molecule has 0 heterocycles. The first-order valence-corrected chi connectivity index (χ1v) is 5.76. The van der Waals surface area contributed by atoms with Crippen molar-refractivity contribution in [2.45, 2.75) is 26.9 Å². The van der Waals surface area contributed by atoms with Gasteiger partial charge in [-0.25, -0.2) is 0 Å². The molecule has 1 aromatic carbocycles. The van der Waals surface area contributed by atoms with Crippen molar-refractivity contribution in [3.63, 3.8) is 0 Å². The second-order valence-corrected chi connectivity index (χ2v) is 4.13. The third kappa shape index (κ3) is 2.77. The Morgan fingerprint density at radius 1 is 1.07 bits per heavy atom. The highest BCUT2D eigenvalue weighted by molar-refractivity contribution is 6.00. The van der Waals surface area contributed by atoms with Crippen LogP contribution in [0.4, 0.5) is 0 Å². The first kappa shape index (κ1) is 11.1. The lowest BCUT2D eigenvalue weighted by molar-refractivity contribution is 0.167. The highest BCUT2D eigenvalue weighted by Gasteiger charge is 2.10. The predicted octanol–water partition coefficient (Wildman–Crippen LogP) is 1.77. The molecule has 0 aliphatic heterocycles. The number of rotatable bonds is 4. The van der Waals surface area contributed by atoms with Gasteiger partial charge in [0.2, 0.25) is 10.5 Å². The van der Waals surface area contributed by atoms with E-state index in [1.54, 1.807) is 0 Å². The molecule has 0 aromatic heterocycles. The second-order valence-electron chi connectivity index (χ2n) is 3.72. The van der Waals surface area contributed by atoms with E-state index in [4.69, 9.17) is 9.16 Å². The van der Waals surface area contributed by atoms with Crippen molar-refractivity contribution in [1.82, 2.24) is 0 Å². The molecule has 0 bridgehead atoms. The number of hydrogen-bond donors (Lipinski definition) is 0. The maximum Gasteiger partial charge on any atom is 0.204 e. The highest BCUT2D eigenvalue weighted by Crippen LogP contribution is 2.27. The Hall–Kier alpha value is -0.963. The van der Waals surface area contributed by atoms with Gasteiger partial charge >= 0.3 is 0 Å². The molecule has 1 aromatic rings. The average Bonchev–Trinajstić information content (AvgIpc) is 2.18. The van der Waals surface area contributed by atoms with Crippen LogP contribution in [0, 0.1) is 5.92 Å². The van der Waals surface area contributed by atoms with Gasteiger partial charge in [-0.3, -0.25) is 0 Å². The summed E-state index contributed by atoms with van der Waals surface area (Å²) < 4.78 is 11.1. The van der Waals surface area contributed by atoms with Crippen LogP contribution in [0.2, 0.25) is 0 Å². The monoisotopic (exact) mass is 210 g/mol. The molecule has 1 atom stereocenters. The average molecular weight is 210 g/mol. The molecule has 0 fully saturated rings. The third-order valence-corrected chi connectivity index (χ3v) is 2.76. The van der Waals surface area contributed by atoms with Gasteiger partial charge in [0.1, 0.15) is 5.75 Å². The number of hydrogen-bond acceptors (Lipinski definition) is 2. The van der Waals surface area contributed by atoms with Gasteiger partial charge in [-0.1, -0.05) is 26.0 Å². The van der Waals surface area contributed by atoms with E-state index >= 15 is 0 Å². The Balaban J connectivity index is 2.75. The van der Waals surface area contributed by atoms with Gasteiger partial charge < -0.3 is 9.16 Å². The van der Waals surface area contributed by atoms with Crippen LogP contribution in [0.25, 0.3) is 0 Å². The van der Waals surface area contributed by atoms with Crippen molar-refractivity contribution >= 4 is 10.5 Å². The van der Waals surface area contributed by atoms with Crippen LogP contribution in [-0.2, 0) is 0 Å². The zero-order chi connectivity index (χ0) is 10.6. The summed E-state index contributed by atoms with van der Waals surface area (Å²) in [5, 5.41) is 0. The Kier molecular flexibility index (Phi) is 4.01. The molecule has 0 radical (unpaired) electrons. The molecule has 0 aliphatic carbocycles. The first-order chi connectivity index (χ1) is 6.65. The van der Waals surface area contributed by atoms with Gasteiger partial charge in [-0.2, -0.15) is 0 Å². The molecule has 1 unspecified atom stereocenters. The molecule has 0 saturated heterocycles. The topological polar surface area (TPSA) is 18.5 Å². The molecule has 78 valence electrons. The quantitative estimate of drug-likeness (QED) is 0.705. The lowest BCUT2D eigenvalue weighted by Gasteiger charge is -2.19. The summed E-state index contributed by atoms with van der Waals surface area (Å²) >= 11 is 0. The lowest BCUT2D eigenvalue weighted by atomic mass is 10.1. The minimum absolute atomic E-state index is 0.216. The van der Waals surface area contributed by atoms with Gasteiger partial charge in [0.25, 0.3) is 0 Å². The largest absolute Gasteiger partial charge is 0.551 e. The van der Waals surface area contributed by atoms with Gasteiger partial charge in [-0.15, -0.1) is 0 Å². The minimum atomic E-state index is 0.216. The Morgan fingerprint density at radius 3 is 2.14 bits per heavy atom. The SMILES string of the molecule is CC(C)C(C)Oc1ccccc1O[SiH3]. The Bertz CT molecular complexity index is 286. The van der Waals surface area contributed by atoms with Crippen molar-refractivity contribution in [2.24, 2.45) is 5.92 Å². The van der Waals surface area contributed by atoms with Crippen LogP contribution in [0.15, 0.2) is 24.3 Å². The summed E-state index contributed by atoms with van der Waals surface area (Å²) in [4.78, 5) is 0. The fourth-order valence-corrected chi connectivity index (χ4v) is 1.39. The van der Waals surface area contributed by atoms with Crippen LogP contribution < -0.4 is 9.16 Å². The van der Waals surface area contributed by atoms with E-state index in [-0.39, 0.29) is 6.10 Å². The molecule has 0 spiro atoms. The molecule has 0 N–H and O–H groups in total. The number of ether oxygens (including phenoxy) is 1. The van der Waals surface area contributed by atoms with Gasteiger partial charge in [0, 0.05) is 0 Å². The molecule has 0 aliphatic rings.